The van der Waals surface area contributed by atoms with Crippen LogP contribution in [0.4, 0.5) is 5.69 Å². The van der Waals surface area contributed by atoms with E-state index in [0.717, 1.165) is 24.8 Å². The Balaban J connectivity index is 1.59. The van der Waals surface area contributed by atoms with Gasteiger partial charge in [-0.1, -0.05) is 18.6 Å². The van der Waals surface area contributed by atoms with Crippen LogP contribution in [0, 0.1) is 13.8 Å². The number of sulfonamides is 1. The summed E-state index contributed by atoms with van der Waals surface area (Å²) in [5.74, 6) is -0.312. The van der Waals surface area contributed by atoms with E-state index in [0.29, 0.717) is 40.0 Å². The molecular weight excluding hydrogens is 432 g/mol. The number of hydrogen-bond acceptors (Lipinski definition) is 6. The number of benzene rings is 1. The second kappa shape index (κ2) is 8.86. The highest BCUT2D eigenvalue weighted by Crippen LogP contribution is 2.29. The van der Waals surface area contributed by atoms with Gasteiger partial charge >= 0.3 is 0 Å². The average molecular weight is 457 g/mol. The first-order valence-electron chi connectivity index (χ1n) is 10.2. The van der Waals surface area contributed by atoms with Gasteiger partial charge in [0, 0.05) is 25.0 Å². The van der Waals surface area contributed by atoms with Crippen LogP contribution in [0.25, 0.3) is 10.7 Å². The van der Waals surface area contributed by atoms with Crippen LogP contribution in [0.15, 0.2) is 47.5 Å². The topological polar surface area (TPSA) is 92.3 Å². The molecule has 0 saturated carbocycles. The monoisotopic (exact) mass is 456 g/mol. The predicted octanol–water partition coefficient (Wildman–Crippen LogP) is 4.25. The zero-order valence-corrected chi connectivity index (χ0v) is 19.1. The molecule has 3 aromatic rings. The molecule has 0 aliphatic carbocycles. The van der Waals surface area contributed by atoms with Crippen molar-refractivity contribution in [3.8, 4) is 10.7 Å². The molecule has 1 aliphatic rings. The minimum Gasteiger partial charge on any atom is -0.321 e. The molecule has 1 aliphatic heterocycles. The maximum Gasteiger partial charge on any atom is 0.267 e. The summed E-state index contributed by atoms with van der Waals surface area (Å²) in [6.45, 7) is 4.69. The Bertz CT molecular complexity index is 1200. The number of hydrogen-bond donors (Lipinski definition) is 1. The molecule has 0 bridgehead atoms. The number of nitrogens with zero attached hydrogens (tertiary/aromatic N) is 3. The van der Waals surface area contributed by atoms with Crippen LogP contribution in [0.2, 0.25) is 0 Å². The van der Waals surface area contributed by atoms with Crippen molar-refractivity contribution >= 4 is 33.0 Å². The molecule has 2 aromatic heterocycles. The molecule has 4 rings (SSSR count). The van der Waals surface area contributed by atoms with Crippen molar-refractivity contribution in [3.63, 3.8) is 0 Å². The molecule has 0 unspecified atom stereocenters. The molecule has 1 amide bonds. The fourth-order valence-electron chi connectivity index (χ4n) is 3.54. The molecule has 1 saturated heterocycles. The summed E-state index contributed by atoms with van der Waals surface area (Å²) >= 11 is 1.27. The molecule has 31 heavy (non-hydrogen) atoms. The smallest absolute Gasteiger partial charge is 0.267 e. The number of pyridine rings is 1. The molecule has 0 radical (unpaired) electrons. The first-order chi connectivity index (χ1) is 14.9. The number of aromatic nitrogens is 2. The van der Waals surface area contributed by atoms with E-state index in [1.54, 1.807) is 31.3 Å². The zero-order valence-electron chi connectivity index (χ0n) is 17.5. The number of piperidine rings is 1. The van der Waals surface area contributed by atoms with E-state index in [-0.39, 0.29) is 10.8 Å². The number of aryl methyl sites for hydroxylation is 2. The van der Waals surface area contributed by atoms with Gasteiger partial charge in [-0.15, -0.1) is 11.3 Å². The molecule has 0 spiro atoms. The zero-order chi connectivity index (χ0) is 22.0. The normalized spacial score (nSPS) is 15.0. The minimum absolute atomic E-state index is 0.200. The van der Waals surface area contributed by atoms with E-state index in [2.05, 4.69) is 15.3 Å². The fraction of sp³-hybridized carbons (Fsp3) is 0.318. The van der Waals surface area contributed by atoms with Gasteiger partial charge in [0.25, 0.3) is 5.91 Å². The molecular formula is C22H24N4O3S2. The van der Waals surface area contributed by atoms with Crippen molar-refractivity contribution in [2.75, 3.05) is 18.4 Å². The van der Waals surface area contributed by atoms with Gasteiger partial charge in [-0.3, -0.25) is 9.78 Å². The van der Waals surface area contributed by atoms with E-state index in [4.69, 9.17) is 0 Å². The van der Waals surface area contributed by atoms with Crippen molar-refractivity contribution in [1.29, 1.82) is 0 Å². The maximum absolute atomic E-state index is 13.0. The summed E-state index contributed by atoms with van der Waals surface area (Å²) < 4.78 is 27.6. The molecule has 1 fully saturated rings. The van der Waals surface area contributed by atoms with Crippen LogP contribution in [-0.4, -0.2) is 41.7 Å². The van der Waals surface area contributed by atoms with E-state index < -0.39 is 10.0 Å². The van der Waals surface area contributed by atoms with Gasteiger partial charge in [0.15, 0.2) is 0 Å². The summed E-state index contributed by atoms with van der Waals surface area (Å²) in [6, 6.07) is 10.4. The maximum atomic E-state index is 13.0. The molecule has 162 valence electrons. The lowest BCUT2D eigenvalue weighted by Crippen LogP contribution is -2.35. The van der Waals surface area contributed by atoms with E-state index in [1.807, 2.05) is 25.1 Å². The third kappa shape index (κ3) is 4.53. The fourth-order valence-corrected chi connectivity index (χ4v) is 6.02. The number of thiazole rings is 1. The summed E-state index contributed by atoms with van der Waals surface area (Å²) in [7, 11) is -3.58. The van der Waals surface area contributed by atoms with Gasteiger partial charge in [-0.25, -0.2) is 13.4 Å². The lowest BCUT2D eigenvalue weighted by molar-refractivity contribution is 0.102. The lowest BCUT2D eigenvalue weighted by atomic mass is 10.2. The van der Waals surface area contributed by atoms with Gasteiger partial charge in [0.1, 0.15) is 9.88 Å². The van der Waals surface area contributed by atoms with Crippen molar-refractivity contribution in [3.05, 3.63) is 58.7 Å². The molecule has 1 aromatic carbocycles. The number of rotatable bonds is 5. The average Bonchev–Trinajstić information content (AvgIpc) is 3.18. The largest absolute Gasteiger partial charge is 0.321 e. The second-order valence-electron chi connectivity index (χ2n) is 7.54. The van der Waals surface area contributed by atoms with E-state index in [9.17, 15) is 13.2 Å². The van der Waals surface area contributed by atoms with Crippen molar-refractivity contribution in [1.82, 2.24) is 14.3 Å². The van der Waals surface area contributed by atoms with Crippen molar-refractivity contribution < 1.29 is 13.2 Å². The van der Waals surface area contributed by atoms with Crippen LogP contribution in [-0.2, 0) is 10.0 Å². The van der Waals surface area contributed by atoms with E-state index >= 15 is 0 Å². The molecule has 7 nitrogen and oxygen atoms in total. The standard InChI is InChI=1S/C22H24N4O3S2/c1-15-9-10-17(31(28,29)26-12-6-3-7-13-26)14-19(15)25-21(27)20-16(2)24-22(30-20)18-8-4-5-11-23-18/h4-5,8-11,14H,3,6-7,12-13H2,1-2H3,(H,25,27). The van der Waals surface area contributed by atoms with Crippen LogP contribution in [0.3, 0.4) is 0 Å². The lowest BCUT2D eigenvalue weighted by Gasteiger charge is -2.26. The Morgan fingerprint density at radius 3 is 2.58 bits per heavy atom. The van der Waals surface area contributed by atoms with Gasteiger partial charge in [-0.2, -0.15) is 4.31 Å². The molecule has 9 heteroatoms. The van der Waals surface area contributed by atoms with Crippen molar-refractivity contribution in [2.45, 2.75) is 38.0 Å². The highest BCUT2D eigenvalue weighted by molar-refractivity contribution is 7.89. The van der Waals surface area contributed by atoms with Gasteiger partial charge in [-0.05, 0) is 56.5 Å². The molecule has 0 atom stereocenters. The first kappa shape index (κ1) is 21.6. The summed E-state index contributed by atoms with van der Waals surface area (Å²) in [6.07, 6.45) is 4.48. The second-order valence-corrected chi connectivity index (χ2v) is 10.5. The highest BCUT2D eigenvalue weighted by Gasteiger charge is 2.27. The Morgan fingerprint density at radius 1 is 1.10 bits per heavy atom. The van der Waals surface area contributed by atoms with E-state index in [1.165, 1.54) is 15.6 Å². The van der Waals surface area contributed by atoms with Crippen molar-refractivity contribution in [2.24, 2.45) is 0 Å². The van der Waals surface area contributed by atoms with Crippen LogP contribution < -0.4 is 5.32 Å². The first-order valence-corrected chi connectivity index (χ1v) is 12.4. The highest BCUT2D eigenvalue weighted by atomic mass is 32.2. The third-order valence-electron chi connectivity index (χ3n) is 5.30. The summed E-state index contributed by atoms with van der Waals surface area (Å²) in [5, 5.41) is 3.54. The van der Waals surface area contributed by atoms with Crippen LogP contribution in [0.1, 0.15) is 40.2 Å². The summed E-state index contributed by atoms with van der Waals surface area (Å²) in [4.78, 5) is 22.4. The Morgan fingerprint density at radius 2 is 1.87 bits per heavy atom. The number of anilines is 1. The SMILES string of the molecule is Cc1ccc(S(=O)(=O)N2CCCCC2)cc1NC(=O)c1sc(-c2ccccn2)nc1C. The van der Waals surface area contributed by atoms with Gasteiger partial charge in [0.05, 0.1) is 16.3 Å². The molecule has 1 N–H and O–H groups in total. The Labute approximate surface area is 186 Å². The minimum atomic E-state index is -3.58. The van der Waals surface area contributed by atoms with Crippen LogP contribution >= 0.6 is 11.3 Å². The van der Waals surface area contributed by atoms with Crippen LogP contribution in [0.5, 0.6) is 0 Å². The Kier molecular flexibility index (Phi) is 6.17. The quantitative estimate of drug-likeness (QED) is 0.620. The third-order valence-corrected chi connectivity index (χ3v) is 8.37. The van der Waals surface area contributed by atoms with Gasteiger partial charge in [0.2, 0.25) is 10.0 Å². The number of amides is 1. The molecule has 3 heterocycles. The predicted molar refractivity (Wildman–Crippen MR) is 122 cm³/mol. The number of carbonyl (C=O) groups excluding carboxylic acids is 1. The Hall–Kier alpha value is -2.62. The number of nitrogens with one attached hydrogen (secondary N) is 1. The van der Waals surface area contributed by atoms with Gasteiger partial charge < -0.3 is 5.32 Å². The number of carbonyl (C=O) groups is 1. The summed E-state index contributed by atoms with van der Waals surface area (Å²) in [5.41, 5.74) is 2.59.